The van der Waals surface area contributed by atoms with E-state index in [1.807, 2.05) is 0 Å². The summed E-state index contributed by atoms with van der Waals surface area (Å²) in [6, 6.07) is 0. The van der Waals surface area contributed by atoms with E-state index in [0.717, 1.165) is 0 Å². The quantitative estimate of drug-likeness (QED) is 0.527. The molecule has 0 bridgehead atoms. The van der Waals surface area contributed by atoms with Gasteiger partial charge in [-0.05, 0) is 0 Å². The standard InChI is InChI=1S/C9H16N2O4/c1-7(12)10-4-8(13)11-5-9(14)2-3-15-6-9/h14H,2-6H2,1H3,(H,10,12)(H,11,13). The molecule has 1 atom stereocenters. The SMILES string of the molecule is CC(=O)NCC(=O)NCC1(O)CCOC1. The zero-order valence-corrected chi connectivity index (χ0v) is 8.71. The molecule has 0 aromatic rings. The fourth-order valence-electron chi connectivity index (χ4n) is 1.27. The lowest BCUT2D eigenvalue weighted by molar-refractivity contribution is -0.125. The van der Waals surface area contributed by atoms with Gasteiger partial charge in [0.15, 0.2) is 0 Å². The van der Waals surface area contributed by atoms with E-state index in [9.17, 15) is 14.7 Å². The van der Waals surface area contributed by atoms with Crippen LogP contribution in [0.25, 0.3) is 0 Å². The molecule has 6 nitrogen and oxygen atoms in total. The zero-order valence-electron chi connectivity index (χ0n) is 8.71. The van der Waals surface area contributed by atoms with Crippen molar-refractivity contribution in [1.82, 2.24) is 10.6 Å². The minimum absolute atomic E-state index is 0.0632. The molecule has 0 aromatic carbocycles. The molecule has 0 spiro atoms. The highest BCUT2D eigenvalue weighted by molar-refractivity contribution is 5.83. The number of nitrogens with one attached hydrogen (secondary N) is 2. The Balaban J connectivity index is 2.18. The molecule has 1 aliphatic rings. The summed E-state index contributed by atoms with van der Waals surface area (Å²) in [4.78, 5) is 21.7. The number of hydrogen-bond acceptors (Lipinski definition) is 4. The molecule has 1 fully saturated rings. The zero-order chi connectivity index (χ0) is 11.3. The highest BCUT2D eigenvalue weighted by Crippen LogP contribution is 2.16. The Bertz CT molecular complexity index is 248. The van der Waals surface area contributed by atoms with Crippen LogP contribution in [0, 0.1) is 0 Å². The largest absolute Gasteiger partial charge is 0.386 e. The van der Waals surface area contributed by atoms with E-state index < -0.39 is 5.60 Å². The third-order valence-corrected chi connectivity index (χ3v) is 2.19. The molecule has 1 heterocycles. The van der Waals surface area contributed by atoms with Gasteiger partial charge in [-0.25, -0.2) is 0 Å². The molecule has 15 heavy (non-hydrogen) atoms. The third kappa shape index (κ3) is 4.26. The second kappa shape index (κ2) is 5.09. The van der Waals surface area contributed by atoms with Gasteiger partial charge in [-0.3, -0.25) is 9.59 Å². The number of ether oxygens (including phenoxy) is 1. The third-order valence-electron chi connectivity index (χ3n) is 2.19. The molecule has 2 amide bonds. The summed E-state index contributed by atoms with van der Waals surface area (Å²) >= 11 is 0. The molecule has 1 unspecified atom stereocenters. The lowest BCUT2D eigenvalue weighted by atomic mass is 10.0. The molecular formula is C9H16N2O4. The van der Waals surface area contributed by atoms with E-state index in [1.165, 1.54) is 6.92 Å². The average molecular weight is 216 g/mol. The average Bonchev–Trinajstić information content (AvgIpc) is 2.60. The van der Waals surface area contributed by atoms with Crippen LogP contribution < -0.4 is 10.6 Å². The van der Waals surface area contributed by atoms with Crippen LogP contribution in [0.1, 0.15) is 13.3 Å². The second-order valence-electron chi connectivity index (χ2n) is 3.71. The van der Waals surface area contributed by atoms with Gasteiger partial charge in [-0.2, -0.15) is 0 Å². The smallest absolute Gasteiger partial charge is 0.239 e. The fraction of sp³-hybridized carbons (Fsp3) is 0.778. The van der Waals surface area contributed by atoms with Gasteiger partial charge in [0.1, 0.15) is 5.60 Å². The van der Waals surface area contributed by atoms with Crippen LogP contribution >= 0.6 is 0 Å². The Morgan fingerprint density at radius 3 is 2.73 bits per heavy atom. The van der Waals surface area contributed by atoms with Crippen molar-refractivity contribution in [3.05, 3.63) is 0 Å². The number of rotatable bonds is 4. The van der Waals surface area contributed by atoms with Crippen LogP contribution in [0.5, 0.6) is 0 Å². The normalized spacial score (nSPS) is 24.9. The van der Waals surface area contributed by atoms with Gasteiger partial charge in [0.25, 0.3) is 0 Å². The summed E-state index contributed by atoms with van der Waals surface area (Å²) in [5.41, 5.74) is -0.952. The molecule has 1 rings (SSSR count). The number of carbonyl (C=O) groups excluding carboxylic acids is 2. The molecule has 3 N–H and O–H groups in total. The Hall–Kier alpha value is -1.14. The molecular weight excluding hydrogens is 200 g/mol. The summed E-state index contributed by atoms with van der Waals surface area (Å²) in [5, 5.41) is 14.7. The van der Waals surface area contributed by atoms with Crippen molar-refractivity contribution in [3.63, 3.8) is 0 Å². The van der Waals surface area contributed by atoms with Crippen LogP contribution in [0.15, 0.2) is 0 Å². The molecule has 0 aliphatic carbocycles. The molecule has 1 aliphatic heterocycles. The van der Waals surface area contributed by atoms with Gasteiger partial charge in [-0.15, -0.1) is 0 Å². The molecule has 6 heteroatoms. The van der Waals surface area contributed by atoms with Crippen molar-refractivity contribution in [2.75, 3.05) is 26.3 Å². The topological polar surface area (TPSA) is 87.7 Å². The number of hydrogen-bond donors (Lipinski definition) is 3. The maximum absolute atomic E-state index is 11.2. The first-order chi connectivity index (χ1) is 7.02. The summed E-state index contributed by atoms with van der Waals surface area (Å²) in [7, 11) is 0. The van der Waals surface area contributed by atoms with Gasteiger partial charge in [0.05, 0.1) is 13.2 Å². The molecule has 86 valence electrons. The van der Waals surface area contributed by atoms with Crippen molar-refractivity contribution < 1.29 is 19.4 Å². The first-order valence-electron chi connectivity index (χ1n) is 4.83. The maximum atomic E-state index is 11.2. The highest BCUT2D eigenvalue weighted by atomic mass is 16.5. The number of amides is 2. The van der Waals surface area contributed by atoms with E-state index in [1.54, 1.807) is 0 Å². The molecule has 0 saturated carbocycles. The van der Waals surface area contributed by atoms with E-state index >= 15 is 0 Å². The van der Waals surface area contributed by atoms with Crippen LogP contribution in [-0.2, 0) is 14.3 Å². The molecule has 0 radical (unpaired) electrons. The minimum Gasteiger partial charge on any atom is -0.386 e. The Morgan fingerprint density at radius 1 is 1.47 bits per heavy atom. The lowest BCUT2D eigenvalue weighted by Gasteiger charge is -2.20. The van der Waals surface area contributed by atoms with Crippen LogP contribution in [0.3, 0.4) is 0 Å². The van der Waals surface area contributed by atoms with E-state index in [4.69, 9.17) is 4.74 Å². The summed E-state index contributed by atoms with van der Waals surface area (Å²) < 4.78 is 5.02. The predicted octanol–water partition coefficient (Wildman–Crippen LogP) is -1.61. The van der Waals surface area contributed by atoms with Gasteiger partial charge in [0, 0.05) is 26.5 Å². The fourth-order valence-corrected chi connectivity index (χ4v) is 1.27. The summed E-state index contributed by atoms with van der Waals surface area (Å²) in [6.07, 6.45) is 0.521. The van der Waals surface area contributed by atoms with Crippen LogP contribution in [-0.4, -0.2) is 48.8 Å². The van der Waals surface area contributed by atoms with Crippen molar-refractivity contribution in [1.29, 1.82) is 0 Å². The van der Waals surface area contributed by atoms with E-state index in [0.29, 0.717) is 13.0 Å². The first kappa shape index (κ1) is 11.9. The summed E-state index contributed by atoms with van der Waals surface area (Å²) in [6.45, 7) is 2.19. The van der Waals surface area contributed by atoms with Gasteiger partial charge in [0.2, 0.25) is 11.8 Å². The van der Waals surface area contributed by atoms with Crippen molar-refractivity contribution in [2.45, 2.75) is 18.9 Å². The maximum Gasteiger partial charge on any atom is 0.239 e. The summed E-state index contributed by atoms with van der Waals surface area (Å²) in [5.74, 6) is -0.571. The van der Waals surface area contributed by atoms with Crippen LogP contribution in [0.2, 0.25) is 0 Å². The number of carbonyl (C=O) groups is 2. The Kier molecular flexibility index (Phi) is 4.05. The molecule has 0 aromatic heterocycles. The Labute approximate surface area is 88.0 Å². The van der Waals surface area contributed by atoms with Crippen molar-refractivity contribution in [3.8, 4) is 0 Å². The predicted molar refractivity (Wildman–Crippen MR) is 52.1 cm³/mol. The van der Waals surface area contributed by atoms with Gasteiger partial charge in [-0.1, -0.05) is 0 Å². The van der Waals surface area contributed by atoms with Crippen LogP contribution in [0.4, 0.5) is 0 Å². The monoisotopic (exact) mass is 216 g/mol. The molecule has 1 saturated heterocycles. The van der Waals surface area contributed by atoms with Crippen molar-refractivity contribution >= 4 is 11.8 Å². The van der Waals surface area contributed by atoms with Gasteiger partial charge >= 0.3 is 0 Å². The van der Waals surface area contributed by atoms with Gasteiger partial charge < -0.3 is 20.5 Å². The van der Waals surface area contributed by atoms with E-state index in [-0.39, 0.29) is 31.5 Å². The Morgan fingerprint density at radius 2 is 2.20 bits per heavy atom. The first-order valence-corrected chi connectivity index (χ1v) is 4.83. The van der Waals surface area contributed by atoms with E-state index in [2.05, 4.69) is 10.6 Å². The lowest BCUT2D eigenvalue weighted by Crippen LogP contribution is -2.46. The number of aliphatic hydroxyl groups is 1. The second-order valence-corrected chi connectivity index (χ2v) is 3.71. The highest BCUT2D eigenvalue weighted by Gasteiger charge is 2.32. The van der Waals surface area contributed by atoms with Crippen molar-refractivity contribution in [2.24, 2.45) is 0 Å². The minimum atomic E-state index is -0.952.